The summed E-state index contributed by atoms with van der Waals surface area (Å²) in [6, 6.07) is 9.38. The minimum Gasteiger partial charge on any atom is -0.251 e. The lowest BCUT2D eigenvalue weighted by Gasteiger charge is -2.37. The molecule has 0 amide bonds. The first kappa shape index (κ1) is 18.7. The molecule has 2 aliphatic carbocycles. The number of hydrogen-bond donors (Lipinski definition) is 0. The first-order valence-corrected chi connectivity index (χ1v) is 10.6. The van der Waals surface area contributed by atoms with Crippen molar-refractivity contribution in [3.8, 4) is 0 Å². The fraction of sp³-hybridized carbons (Fsp3) is 0.667. The van der Waals surface area contributed by atoms with Gasteiger partial charge < -0.3 is 0 Å². The molecule has 3 rings (SSSR count). The summed E-state index contributed by atoms with van der Waals surface area (Å²) >= 11 is 0. The van der Waals surface area contributed by atoms with Crippen LogP contribution in [0.2, 0.25) is 0 Å². The predicted octanol–water partition coefficient (Wildman–Crippen LogP) is 7.25. The van der Waals surface area contributed by atoms with Crippen LogP contribution in [0.3, 0.4) is 0 Å². The Kier molecular flexibility index (Phi) is 7.13. The summed E-state index contributed by atoms with van der Waals surface area (Å²) in [6.07, 6.45) is 17.1. The van der Waals surface area contributed by atoms with E-state index in [2.05, 4.69) is 43.3 Å². The fourth-order valence-electron chi connectivity index (χ4n) is 5.11. The fourth-order valence-corrected chi connectivity index (χ4v) is 5.11. The van der Waals surface area contributed by atoms with Crippen molar-refractivity contribution in [3.05, 3.63) is 47.5 Å². The SMILES string of the molecule is CCc1ccc(C2CCC(C3CCC(C=CCCF)CC3)CC2)cc1. The van der Waals surface area contributed by atoms with Crippen molar-refractivity contribution in [1.82, 2.24) is 0 Å². The molecule has 0 bridgehead atoms. The molecule has 0 atom stereocenters. The third-order valence-electron chi connectivity index (χ3n) is 6.80. The molecule has 0 radical (unpaired) electrons. The summed E-state index contributed by atoms with van der Waals surface area (Å²) in [5.74, 6) is 3.43. The molecule has 1 heteroatoms. The van der Waals surface area contributed by atoms with Crippen molar-refractivity contribution in [2.75, 3.05) is 6.67 Å². The van der Waals surface area contributed by atoms with Gasteiger partial charge in [0.2, 0.25) is 0 Å². The van der Waals surface area contributed by atoms with E-state index in [1.54, 1.807) is 5.56 Å². The Balaban J connectivity index is 1.43. The summed E-state index contributed by atoms with van der Waals surface area (Å²) < 4.78 is 12.2. The van der Waals surface area contributed by atoms with Crippen LogP contribution in [0.25, 0.3) is 0 Å². The lowest BCUT2D eigenvalue weighted by molar-refractivity contribution is 0.171. The van der Waals surface area contributed by atoms with Crippen LogP contribution in [0.4, 0.5) is 4.39 Å². The van der Waals surface area contributed by atoms with Gasteiger partial charge in [-0.05, 0) is 99.0 Å². The van der Waals surface area contributed by atoms with E-state index in [9.17, 15) is 4.39 Å². The number of alkyl halides is 1. The van der Waals surface area contributed by atoms with E-state index in [-0.39, 0.29) is 6.67 Å². The van der Waals surface area contributed by atoms with Crippen molar-refractivity contribution >= 4 is 0 Å². The highest BCUT2D eigenvalue weighted by atomic mass is 19.1. The quantitative estimate of drug-likeness (QED) is 0.478. The second-order valence-electron chi connectivity index (χ2n) is 8.29. The van der Waals surface area contributed by atoms with E-state index in [0.717, 1.165) is 30.1 Å². The molecule has 0 nitrogen and oxygen atoms in total. The largest absolute Gasteiger partial charge is 0.251 e. The van der Waals surface area contributed by atoms with Gasteiger partial charge in [0, 0.05) is 0 Å². The van der Waals surface area contributed by atoms with Crippen LogP contribution in [0.15, 0.2) is 36.4 Å². The van der Waals surface area contributed by atoms with Gasteiger partial charge in [-0.15, -0.1) is 0 Å². The zero-order valence-electron chi connectivity index (χ0n) is 15.9. The maximum Gasteiger partial charge on any atom is 0.0928 e. The minimum absolute atomic E-state index is 0.212. The first-order chi connectivity index (χ1) is 12.3. The summed E-state index contributed by atoms with van der Waals surface area (Å²) in [7, 11) is 0. The topological polar surface area (TPSA) is 0 Å². The Hall–Kier alpha value is -1.11. The molecule has 0 aromatic heterocycles. The summed E-state index contributed by atoms with van der Waals surface area (Å²) in [4.78, 5) is 0. The molecular weight excluding hydrogens is 307 g/mol. The zero-order chi connectivity index (χ0) is 17.5. The molecule has 0 N–H and O–H groups in total. The monoisotopic (exact) mass is 342 g/mol. The van der Waals surface area contributed by atoms with Gasteiger partial charge in [-0.2, -0.15) is 0 Å². The second kappa shape index (κ2) is 9.55. The second-order valence-corrected chi connectivity index (χ2v) is 8.29. The molecule has 2 saturated carbocycles. The number of hydrogen-bond acceptors (Lipinski definition) is 0. The smallest absolute Gasteiger partial charge is 0.0928 e. The Labute approximate surface area is 153 Å². The number of rotatable bonds is 6. The van der Waals surface area contributed by atoms with Gasteiger partial charge in [0.25, 0.3) is 0 Å². The maximum atomic E-state index is 12.2. The van der Waals surface area contributed by atoms with E-state index in [4.69, 9.17) is 0 Å². The molecule has 0 heterocycles. The molecule has 138 valence electrons. The van der Waals surface area contributed by atoms with E-state index in [1.165, 1.54) is 56.9 Å². The third-order valence-corrected chi connectivity index (χ3v) is 6.80. The van der Waals surface area contributed by atoms with Gasteiger partial charge in [0.1, 0.15) is 0 Å². The normalized spacial score (nSPS) is 30.6. The Bertz CT molecular complexity index is 514. The van der Waals surface area contributed by atoms with Crippen LogP contribution in [0.5, 0.6) is 0 Å². The van der Waals surface area contributed by atoms with Crippen LogP contribution in [0, 0.1) is 17.8 Å². The van der Waals surface area contributed by atoms with Gasteiger partial charge in [0.15, 0.2) is 0 Å². The highest BCUT2D eigenvalue weighted by Crippen LogP contribution is 2.44. The summed E-state index contributed by atoms with van der Waals surface area (Å²) in [5, 5.41) is 0. The van der Waals surface area contributed by atoms with Crippen molar-refractivity contribution in [1.29, 1.82) is 0 Å². The Morgan fingerprint density at radius 1 is 0.880 bits per heavy atom. The zero-order valence-corrected chi connectivity index (χ0v) is 15.9. The molecule has 0 unspecified atom stereocenters. The van der Waals surface area contributed by atoms with E-state index >= 15 is 0 Å². The average molecular weight is 343 g/mol. The van der Waals surface area contributed by atoms with Crippen LogP contribution >= 0.6 is 0 Å². The van der Waals surface area contributed by atoms with Gasteiger partial charge in [-0.25, -0.2) is 0 Å². The minimum atomic E-state index is -0.212. The van der Waals surface area contributed by atoms with Crippen LogP contribution in [0.1, 0.15) is 81.8 Å². The van der Waals surface area contributed by atoms with Gasteiger partial charge >= 0.3 is 0 Å². The van der Waals surface area contributed by atoms with Crippen molar-refractivity contribution in [3.63, 3.8) is 0 Å². The Morgan fingerprint density at radius 3 is 2.04 bits per heavy atom. The maximum absolute atomic E-state index is 12.2. The van der Waals surface area contributed by atoms with Crippen molar-refractivity contribution < 1.29 is 4.39 Å². The lowest BCUT2D eigenvalue weighted by Crippen LogP contribution is -2.25. The highest BCUT2D eigenvalue weighted by Gasteiger charge is 2.30. The molecule has 0 aliphatic heterocycles. The number of allylic oxidation sites excluding steroid dienone is 2. The molecule has 2 fully saturated rings. The standard InChI is InChI=1S/C24H35F/c1-2-19-6-10-21(11-7-19)23-14-16-24(17-15-23)22-12-8-20(9-13-22)5-3-4-18-25/h3,5-7,10-11,20,22-24H,2,4,8-9,12-18H2,1H3. The molecule has 0 spiro atoms. The predicted molar refractivity (Wildman–Crippen MR) is 106 cm³/mol. The molecule has 2 aliphatic rings. The highest BCUT2D eigenvalue weighted by molar-refractivity contribution is 5.25. The van der Waals surface area contributed by atoms with Crippen LogP contribution in [-0.2, 0) is 6.42 Å². The summed E-state index contributed by atoms with van der Waals surface area (Å²) in [5.41, 5.74) is 3.02. The van der Waals surface area contributed by atoms with Gasteiger partial charge in [0.05, 0.1) is 6.67 Å². The van der Waals surface area contributed by atoms with Gasteiger partial charge in [-0.3, -0.25) is 4.39 Å². The number of benzene rings is 1. The van der Waals surface area contributed by atoms with Crippen LogP contribution < -0.4 is 0 Å². The van der Waals surface area contributed by atoms with E-state index in [0.29, 0.717) is 6.42 Å². The van der Waals surface area contributed by atoms with Crippen molar-refractivity contribution in [2.45, 2.75) is 77.0 Å². The number of aryl methyl sites for hydroxylation is 1. The number of halogens is 1. The Morgan fingerprint density at radius 2 is 1.48 bits per heavy atom. The molecular formula is C24H35F. The first-order valence-electron chi connectivity index (χ1n) is 10.6. The van der Waals surface area contributed by atoms with Gasteiger partial charge in [-0.1, -0.05) is 43.3 Å². The van der Waals surface area contributed by atoms with Crippen LogP contribution in [-0.4, -0.2) is 6.67 Å². The molecule has 0 saturated heterocycles. The summed E-state index contributed by atoms with van der Waals surface area (Å²) in [6.45, 7) is 2.02. The van der Waals surface area contributed by atoms with E-state index in [1.807, 2.05) is 0 Å². The lowest BCUT2D eigenvalue weighted by atomic mass is 9.68. The van der Waals surface area contributed by atoms with Crippen molar-refractivity contribution in [2.24, 2.45) is 17.8 Å². The molecule has 1 aromatic rings. The third kappa shape index (κ3) is 5.19. The molecule has 25 heavy (non-hydrogen) atoms. The van der Waals surface area contributed by atoms with E-state index < -0.39 is 0 Å². The average Bonchev–Trinajstić information content (AvgIpc) is 2.69. The molecule has 1 aromatic carbocycles.